The molecule has 1 aliphatic carbocycles. The summed E-state index contributed by atoms with van der Waals surface area (Å²) in [5.41, 5.74) is 2.06. The van der Waals surface area contributed by atoms with E-state index in [1.165, 1.54) is 16.2 Å². The van der Waals surface area contributed by atoms with E-state index < -0.39 is 0 Å². The normalized spacial score (nSPS) is 12.8. The van der Waals surface area contributed by atoms with Gasteiger partial charge in [0.1, 0.15) is 16.9 Å². The number of hydrogen-bond donors (Lipinski definition) is 2. The van der Waals surface area contributed by atoms with Crippen LogP contribution in [0.1, 0.15) is 41.6 Å². The van der Waals surface area contributed by atoms with Crippen molar-refractivity contribution in [1.82, 2.24) is 14.9 Å². The van der Waals surface area contributed by atoms with Crippen molar-refractivity contribution in [3.05, 3.63) is 55.4 Å². The van der Waals surface area contributed by atoms with Crippen molar-refractivity contribution in [3.8, 4) is 6.07 Å². The number of aromatic nitrogens is 2. The summed E-state index contributed by atoms with van der Waals surface area (Å²) in [5.74, 6) is 0.407. The zero-order valence-electron chi connectivity index (χ0n) is 17.1. The lowest BCUT2D eigenvalue weighted by molar-refractivity contribution is -0.116. The molecule has 2 heterocycles. The van der Waals surface area contributed by atoms with Gasteiger partial charge in [0.25, 0.3) is 5.56 Å². The summed E-state index contributed by atoms with van der Waals surface area (Å²) in [7, 11) is 0. The number of thiophene rings is 1. The number of anilines is 1. The van der Waals surface area contributed by atoms with Crippen molar-refractivity contribution in [1.29, 1.82) is 5.26 Å². The number of fused-ring (bicyclic) bond motifs is 2. The molecular formula is C22H22ClN5O2S. The number of nitrogens with one attached hydrogen (secondary N) is 2. The number of nitriles is 1. The van der Waals surface area contributed by atoms with Crippen molar-refractivity contribution >= 4 is 44.7 Å². The number of carbonyl (C=O) groups excluding carboxylic acids is 1. The fourth-order valence-corrected chi connectivity index (χ4v) is 5.28. The third-order valence-corrected chi connectivity index (χ3v) is 6.92. The Hall–Kier alpha value is -2.73. The summed E-state index contributed by atoms with van der Waals surface area (Å²) in [4.78, 5) is 35.4. The number of rotatable bonds is 7. The molecule has 160 valence electrons. The van der Waals surface area contributed by atoms with Gasteiger partial charge in [0.15, 0.2) is 0 Å². The van der Waals surface area contributed by atoms with E-state index in [4.69, 9.17) is 11.6 Å². The first-order valence-corrected chi connectivity index (χ1v) is 11.4. The number of H-pyrrole nitrogens is 1. The Labute approximate surface area is 188 Å². The van der Waals surface area contributed by atoms with Crippen LogP contribution in [-0.4, -0.2) is 33.9 Å². The highest BCUT2D eigenvalue weighted by Crippen LogP contribution is 2.38. The number of aryl methyl sites for hydroxylation is 1. The van der Waals surface area contributed by atoms with Crippen LogP contribution in [0.2, 0.25) is 5.02 Å². The van der Waals surface area contributed by atoms with E-state index in [1.807, 2.05) is 11.8 Å². The number of aromatic amines is 1. The third kappa shape index (κ3) is 4.64. The number of hydrogen-bond acceptors (Lipinski definition) is 6. The molecule has 0 radical (unpaired) electrons. The molecule has 0 fully saturated rings. The molecule has 1 amide bonds. The van der Waals surface area contributed by atoms with Gasteiger partial charge in [0, 0.05) is 22.9 Å². The average Bonchev–Trinajstić information content (AvgIpc) is 3.31. The second-order valence-electron chi connectivity index (χ2n) is 7.51. The highest BCUT2D eigenvalue weighted by Gasteiger charge is 2.23. The molecule has 0 saturated carbocycles. The summed E-state index contributed by atoms with van der Waals surface area (Å²) in [6.07, 6.45) is 3.25. The van der Waals surface area contributed by atoms with Crippen LogP contribution in [0.3, 0.4) is 0 Å². The van der Waals surface area contributed by atoms with Crippen LogP contribution in [0.5, 0.6) is 0 Å². The van der Waals surface area contributed by atoms with Gasteiger partial charge in [-0.15, -0.1) is 11.3 Å². The number of amides is 1. The topological polar surface area (TPSA) is 102 Å². The van der Waals surface area contributed by atoms with Crippen LogP contribution in [0.15, 0.2) is 23.0 Å². The summed E-state index contributed by atoms with van der Waals surface area (Å²) < 4.78 is 0. The largest absolute Gasteiger partial charge is 0.317 e. The molecule has 9 heteroatoms. The monoisotopic (exact) mass is 455 g/mol. The molecule has 1 aliphatic rings. The van der Waals surface area contributed by atoms with Crippen LogP contribution < -0.4 is 10.9 Å². The van der Waals surface area contributed by atoms with E-state index in [0.29, 0.717) is 51.9 Å². The minimum Gasteiger partial charge on any atom is -0.317 e. The second-order valence-corrected chi connectivity index (χ2v) is 9.06. The molecule has 3 aromatic rings. The predicted molar refractivity (Wildman–Crippen MR) is 123 cm³/mol. The fourth-order valence-electron chi connectivity index (χ4n) is 3.86. The quantitative estimate of drug-likeness (QED) is 0.563. The lowest BCUT2D eigenvalue weighted by Gasteiger charge is -2.19. The predicted octanol–water partition coefficient (Wildman–Crippen LogP) is 3.85. The van der Waals surface area contributed by atoms with Crippen molar-refractivity contribution in [2.75, 3.05) is 18.4 Å². The Balaban J connectivity index is 1.40. The maximum atomic E-state index is 12.5. The van der Waals surface area contributed by atoms with Gasteiger partial charge in [0.2, 0.25) is 5.91 Å². The van der Waals surface area contributed by atoms with Gasteiger partial charge in [-0.2, -0.15) is 5.26 Å². The number of carbonyl (C=O) groups is 1. The first-order chi connectivity index (χ1) is 15.0. The average molecular weight is 456 g/mol. The Morgan fingerprint density at radius 3 is 3.03 bits per heavy atom. The fraction of sp³-hybridized carbons (Fsp3) is 0.364. The van der Waals surface area contributed by atoms with Crippen LogP contribution in [-0.2, 0) is 24.2 Å². The highest BCUT2D eigenvalue weighted by atomic mass is 35.5. The molecule has 31 heavy (non-hydrogen) atoms. The second kappa shape index (κ2) is 9.18. The van der Waals surface area contributed by atoms with E-state index in [-0.39, 0.29) is 17.9 Å². The molecule has 4 rings (SSSR count). The molecule has 7 nitrogen and oxygen atoms in total. The van der Waals surface area contributed by atoms with Crippen molar-refractivity contribution < 1.29 is 4.79 Å². The van der Waals surface area contributed by atoms with Gasteiger partial charge in [0.05, 0.1) is 23.0 Å². The summed E-state index contributed by atoms with van der Waals surface area (Å²) in [5, 5.41) is 14.1. The Morgan fingerprint density at radius 2 is 2.26 bits per heavy atom. The smallest absolute Gasteiger partial charge is 0.258 e. The van der Waals surface area contributed by atoms with E-state index in [1.54, 1.807) is 18.2 Å². The van der Waals surface area contributed by atoms with Gasteiger partial charge in [-0.25, -0.2) is 4.98 Å². The molecule has 0 aliphatic heterocycles. The van der Waals surface area contributed by atoms with Gasteiger partial charge < -0.3 is 10.3 Å². The lowest BCUT2D eigenvalue weighted by atomic mass is 10.1. The van der Waals surface area contributed by atoms with Crippen LogP contribution >= 0.6 is 22.9 Å². The molecule has 0 atom stereocenters. The number of benzene rings is 1. The van der Waals surface area contributed by atoms with Gasteiger partial charge in [-0.3, -0.25) is 14.5 Å². The Kier molecular flexibility index (Phi) is 6.37. The van der Waals surface area contributed by atoms with Gasteiger partial charge in [-0.1, -0.05) is 18.5 Å². The molecule has 2 N–H and O–H groups in total. The Bertz CT molecular complexity index is 1240. The molecule has 0 bridgehead atoms. The van der Waals surface area contributed by atoms with Gasteiger partial charge in [-0.05, 0) is 49.6 Å². The number of nitrogens with zero attached hydrogens (tertiary/aromatic N) is 3. The third-order valence-electron chi connectivity index (χ3n) is 5.48. The minimum absolute atomic E-state index is 0.124. The highest BCUT2D eigenvalue weighted by molar-refractivity contribution is 7.16. The first-order valence-electron chi connectivity index (χ1n) is 10.2. The number of halogens is 1. The summed E-state index contributed by atoms with van der Waals surface area (Å²) >= 11 is 7.55. The molecule has 0 saturated heterocycles. The summed E-state index contributed by atoms with van der Waals surface area (Å²) in [6.45, 7) is 3.61. The SMILES string of the molecule is CCN(CCC(=O)Nc1sc2c(c1C#N)CCC2)Cc1nc2cc(Cl)ccc2c(=O)[nH]1. The van der Waals surface area contributed by atoms with Crippen LogP contribution in [0, 0.1) is 11.3 Å². The van der Waals surface area contributed by atoms with Crippen molar-refractivity contribution in [2.45, 2.75) is 39.2 Å². The molecular weight excluding hydrogens is 434 g/mol. The molecule has 0 spiro atoms. The molecule has 1 aromatic carbocycles. The van der Waals surface area contributed by atoms with Crippen molar-refractivity contribution in [3.63, 3.8) is 0 Å². The lowest BCUT2D eigenvalue weighted by Crippen LogP contribution is -2.29. The first kappa shape index (κ1) is 21.5. The molecule has 2 aromatic heterocycles. The van der Waals surface area contributed by atoms with Crippen LogP contribution in [0.25, 0.3) is 10.9 Å². The zero-order chi connectivity index (χ0) is 22.0. The van der Waals surface area contributed by atoms with E-state index in [9.17, 15) is 14.9 Å². The maximum Gasteiger partial charge on any atom is 0.258 e. The van der Waals surface area contributed by atoms with Crippen LogP contribution in [0.4, 0.5) is 5.00 Å². The Morgan fingerprint density at radius 1 is 1.42 bits per heavy atom. The van der Waals surface area contributed by atoms with Crippen molar-refractivity contribution in [2.24, 2.45) is 0 Å². The van der Waals surface area contributed by atoms with Gasteiger partial charge >= 0.3 is 0 Å². The standard InChI is InChI=1S/C22H22ClN5O2S/c1-2-28(12-19-25-17-10-13(23)6-7-15(17)21(30)26-19)9-8-20(29)27-22-16(11-24)14-4-3-5-18(14)31-22/h6-7,10H,2-5,8-9,12H2,1H3,(H,27,29)(H,25,26,30). The van der Waals surface area contributed by atoms with E-state index >= 15 is 0 Å². The molecule has 0 unspecified atom stereocenters. The minimum atomic E-state index is -0.208. The zero-order valence-corrected chi connectivity index (χ0v) is 18.7. The summed E-state index contributed by atoms with van der Waals surface area (Å²) in [6, 6.07) is 7.24. The van der Waals surface area contributed by atoms with E-state index in [2.05, 4.69) is 21.4 Å². The maximum absolute atomic E-state index is 12.5. The van der Waals surface area contributed by atoms with E-state index in [0.717, 1.165) is 24.8 Å².